The Labute approximate surface area is 478 Å². The predicted molar refractivity (Wildman–Crippen MR) is 290 cm³/mol. The highest BCUT2D eigenvalue weighted by Crippen LogP contribution is 2.13. The molecule has 468 valence electrons. The summed E-state index contributed by atoms with van der Waals surface area (Å²) in [6.45, 7) is 7.59. The first-order chi connectivity index (χ1) is 38.9. The normalized spacial score (nSPS) is 15.5. The van der Waals surface area contributed by atoms with Crippen molar-refractivity contribution in [3.8, 4) is 0 Å². The maximum absolute atomic E-state index is 14.0. The molecule has 33 heteroatoms. The molecule has 0 radical (unpaired) electrons. The van der Waals surface area contributed by atoms with Crippen LogP contribution in [0.3, 0.4) is 0 Å². The zero-order valence-electron chi connectivity index (χ0n) is 47.5. The van der Waals surface area contributed by atoms with Crippen molar-refractivity contribution < 1.29 is 93.0 Å². The third kappa shape index (κ3) is 26.3. The van der Waals surface area contributed by atoms with Crippen molar-refractivity contribution in [2.45, 2.75) is 173 Å². The number of nitrogens with zero attached hydrogens (tertiary/aromatic N) is 1. The fourth-order valence-electron chi connectivity index (χ4n) is 7.71. The first-order valence-electron chi connectivity index (χ1n) is 26.9. The highest BCUT2D eigenvalue weighted by Gasteiger charge is 2.38. The van der Waals surface area contributed by atoms with Gasteiger partial charge in [0.15, 0.2) is 0 Å². The van der Waals surface area contributed by atoms with Crippen molar-refractivity contribution in [3.63, 3.8) is 0 Å². The first kappa shape index (κ1) is 73.1. The maximum Gasteiger partial charge on any atom is 0.326 e. The molecule has 0 spiro atoms. The van der Waals surface area contributed by atoms with Gasteiger partial charge in [0.1, 0.15) is 60.4 Å². The van der Waals surface area contributed by atoms with Gasteiger partial charge in [0.05, 0.1) is 38.6 Å². The van der Waals surface area contributed by atoms with Crippen molar-refractivity contribution in [1.82, 2.24) is 63.1 Å². The Balaban J connectivity index is 3.36. The van der Waals surface area contributed by atoms with Crippen LogP contribution in [0.25, 0.3) is 0 Å². The third-order valence-electron chi connectivity index (χ3n) is 12.7. The number of carboxylic acids is 3. The van der Waals surface area contributed by atoms with Crippen LogP contribution in [0.2, 0.25) is 0 Å². The Morgan fingerprint density at radius 3 is 1.37 bits per heavy atom. The maximum atomic E-state index is 14.0. The summed E-state index contributed by atoms with van der Waals surface area (Å²) in [5.74, 6) is -17.1. The largest absolute Gasteiger partial charge is 0.481 e. The zero-order valence-corrected chi connectivity index (χ0v) is 47.5. The molecule has 83 heavy (non-hydrogen) atoms. The van der Waals surface area contributed by atoms with Crippen molar-refractivity contribution in [2.24, 2.45) is 29.2 Å². The number of nitrogens with two attached hydrogens (primary N) is 2. The van der Waals surface area contributed by atoms with Gasteiger partial charge in [0.25, 0.3) is 0 Å². The van der Waals surface area contributed by atoms with Crippen LogP contribution in [0.1, 0.15) is 106 Å². The lowest BCUT2D eigenvalue weighted by Crippen LogP contribution is -2.62. The highest BCUT2D eigenvalue weighted by atomic mass is 16.4. The molecule has 1 rings (SSSR count). The molecule has 0 unspecified atom stereocenters. The van der Waals surface area contributed by atoms with E-state index in [0.29, 0.717) is 18.5 Å². The molecule has 1 heterocycles. The quantitative estimate of drug-likeness (QED) is 0.0272. The van der Waals surface area contributed by atoms with Gasteiger partial charge in [-0.15, -0.1) is 0 Å². The third-order valence-corrected chi connectivity index (χ3v) is 12.7. The Morgan fingerprint density at radius 2 is 0.940 bits per heavy atom. The van der Waals surface area contributed by atoms with E-state index in [1.807, 2.05) is 5.32 Å². The topological polar surface area (TPSA) is 544 Å². The number of hydrogen-bond acceptors (Lipinski definition) is 19. The van der Waals surface area contributed by atoms with Crippen LogP contribution in [0.4, 0.5) is 0 Å². The molecule has 10 amide bonds. The van der Waals surface area contributed by atoms with Crippen molar-refractivity contribution in [1.29, 1.82) is 0 Å². The van der Waals surface area contributed by atoms with E-state index in [2.05, 4.69) is 57.8 Å². The number of aliphatic hydroxyl groups excluding tert-OH is 3. The number of aromatic amines is 1. The number of carbonyl (C=O) groups is 13. The number of rotatable bonds is 40. The molecule has 1 aromatic rings. The van der Waals surface area contributed by atoms with Gasteiger partial charge in [-0.3, -0.25) is 57.5 Å². The minimum atomic E-state index is -1.98. The number of unbranched alkanes of at least 4 members (excludes halogenated alkanes) is 1. The van der Waals surface area contributed by atoms with Gasteiger partial charge < -0.3 is 100 Å². The molecule has 0 aliphatic heterocycles. The SMILES string of the molecule is CC[C@H](C)[C@H](NC(=O)[C@H](CO)NC(=O)[C@H](CO)NC(=O)[C@H](CC(C)C)NC(=O)[C@H](CCCCN)NC(=O)[C@H](Cc1cnc[nH]1)NC(=O)[C@H](C)N)C(=O)N[C@@H](CCC(=O)O)C(=O)N[C@@H](CO)C(=O)N[C@@H](CC(=O)O)C(=O)N[C@H](C(=O)O)C(C)C. The summed E-state index contributed by atoms with van der Waals surface area (Å²) in [7, 11) is 0. The lowest BCUT2D eigenvalue weighted by molar-refractivity contribution is -0.145. The fraction of sp³-hybridized carbons (Fsp3) is 0.680. The van der Waals surface area contributed by atoms with E-state index >= 15 is 0 Å². The van der Waals surface area contributed by atoms with Crippen LogP contribution < -0.4 is 64.6 Å². The minimum Gasteiger partial charge on any atom is -0.481 e. The number of nitrogens with one attached hydrogen (secondary N) is 11. The first-order valence-corrected chi connectivity index (χ1v) is 26.9. The van der Waals surface area contributed by atoms with Crippen LogP contribution in [0.5, 0.6) is 0 Å². The van der Waals surface area contributed by atoms with Crippen molar-refractivity contribution in [3.05, 3.63) is 18.2 Å². The van der Waals surface area contributed by atoms with E-state index in [0.717, 1.165) is 0 Å². The lowest BCUT2D eigenvalue weighted by Gasteiger charge is -2.29. The molecule has 0 saturated heterocycles. The molecular formula is C50H84N14O19. The molecule has 0 fully saturated rings. The smallest absolute Gasteiger partial charge is 0.326 e. The molecule has 0 aromatic carbocycles. The second kappa shape index (κ2) is 37.3. The molecule has 33 nitrogen and oxygen atoms in total. The average molecular weight is 1190 g/mol. The van der Waals surface area contributed by atoms with Gasteiger partial charge >= 0.3 is 17.9 Å². The number of carboxylic acid groups (broad SMARTS) is 3. The molecule has 12 atom stereocenters. The number of aliphatic carboxylic acids is 3. The second-order valence-corrected chi connectivity index (χ2v) is 20.5. The Bertz CT molecular complexity index is 2360. The Kier molecular flexibility index (Phi) is 32.8. The molecule has 0 aliphatic rings. The number of amides is 10. The molecule has 21 N–H and O–H groups in total. The van der Waals surface area contributed by atoms with E-state index in [4.69, 9.17) is 11.5 Å². The van der Waals surface area contributed by atoms with Crippen LogP contribution in [0.15, 0.2) is 12.5 Å². The summed E-state index contributed by atoms with van der Waals surface area (Å²) in [5, 5.41) is 82.1. The molecule has 0 saturated carbocycles. The van der Waals surface area contributed by atoms with Gasteiger partial charge in [-0.25, -0.2) is 9.78 Å². The van der Waals surface area contributed by atoms with Gasteiger partial charge in [0, 0.05) is 24.7 Å². The summed E-state index contributed by atoms with van der Waals surface area (Å²) in [4.78, 5) is 177. The van der Waals surface area contributed by atoms with Crippen molar-refractivity contribution in [2.75, 3.05) is 26.4 Å². The van der Waals surface area contributed by atoms with Gasteiger partial charge in [-0.1, -0.05) is 48.0 Å². The number of hydrogen-bond donors (Lipinski definition) is 19. The summed E-state index contributed by atoms with van der Waals surface area (Å²) in [6, 6.07) is -17.5. The molecule has 0 aliphatic carbocycles. The van der Waals surface area contributed by atoms with Crippen LogP contribution >= 0.6 is 0 Å². The van der Waals surface area contributed by atoms with E-state index in [9.17, 15) is 93.0 Å². The fourth-order valence-corrected chi connectivity index (χ4v) is 7.71. The molecular weight excluding hydrogens is 1100 g/mol. The van der Waals surface area contributed by atoms with Gasteiger partial charge in [-0.05, 0) is 63.3 Å². The number of aromatic nitrogens is 2. The Morgan fingerprint density at radius 1 is 0.518 bits per heavy atom. The minimum absolute atomic E-state index is 0.0306. The van der Waals surface area contributed by atoms with E-state index in [-0.39, 0.29) is 38.1 Å². The van der Waals surface area contributed by atoms with E-state index in [1.54, 1.807) is 20.8 Å². The Hall–Kier alpha value is -7.88. The standard InChI is InChI=1S/C50H84N14O19/c1-8-25(6)39(49(81)56-29(12-13-36(68)69)42(74)60-33(19-65)46(78)59-32(17-37(70)71)45(77)63-38(24(4)5)50(82)83)64-48(80)35(21-67)62-47(79)34(20-66)61-43(75)30(15-23(2)3)58-41(73)28(11-9-10-14-51)55-44(76)31(57-40(72)26(7)52)16-27-18-53-22-54-27/h18,22-26,28-35,38-39,65-67H,8-17,19-21,51-52H2,1-7H3,(H,53,54)(H,55,76)(H,56,81)(H,57,72)(H,58,73)(H,59,78)(H,60,74)(H,61,75)(H,62,79)(H,63,77)(H,64,80)(H,68,69)(H,70,71)(H,82,83)/t25-,26-,28-,29-,30-,31-,32-,33-,34-,35-,38-,39-/m0/s1. The monoisotopic (exact) mass is 1180 g/mol. The summed E-state index contributed by atoms with van der Waals surface area (Å²) in [6.07, 6.45) is 1.12. The number of imidazole rings is 1. The predicted octanol–water partition coefficient (Wildman–Crippen LogP) is -6.57. The van der Waals surface area contributed by atoms with Gasteiger partial charge in [-0.2, -0.15) is 0 Å². The zero-order chi connectivity index (χ0) is 63.3. The number of H-pyrrole nitrogens is 1. The highest BCUT2D eigenvalue weighted by molar-refractivity contribution is 5.99. The number of carbonyl (C=O) groups excluding carboxylic acids is 10. The van der Waals surface area contributed by atoms with Gasteiger partial charge in [0.2, 0.25) is 59.1 Å². The van der Waals surface area contributed by atoms with Crippen LogP contribution in [0, 0.1) is 17.8 Å². The van der Waals surface area contributed by atoms with E-state index < -0.39 is 194 Å². The van der Waals surface area contributed by atoms with Crippen LogP contribution in [-0.4, -0.2) is 210 Å². The average Bonchev–Trinajstić information content (AvgIpc) is 3.96. The summed E-state index contributed by atoms with van der Waals surface area (Å²) in [5.41, 5.74) is 11.9. The second-order valence-electron chi connectivity index (χ2n) is 20.5. The van der Waals surface area contributed by atoms with Crippen molar-refractivity contribution >= 4 is 77.0 Å². The molecule has 0 bridgehead atoms. The summed E-state index contributed by atoms with van der Waals surface area (Å²) >= 11 is 0. The molecule has 1 aromatic heterocycles. The summed E-state index contributed by atoms with van der Waals surface area (Å²) < 4.78 is 0. The number of aliphatic hydroxyl groups is 3. The van der Waals surface area contributed by atoms with E-state index in [1.165, 1.54) is 40.2 Å². The van der Waals surface area contributed by atoms with Crippen LogP contribution in [-0.2, 0) is 68.7 Å². The lowest BCUT2D eigenvalue weighted by atomic mass is 9.97.